The molecule has 0 radical (unpaired) electrons. The Balaban J connectivity index is 3.68. The number of nitrogens with zero attached hydrogens (tertiary/aromatic N) is 1. The van der Waals surface area contributed by atoms with Crippen LogP contribution in [0.2, 0.25) is 0 Å². The summed E-state index contributed by atoms with van der Waals surface area (Å²) in [4.78, 5) is 30.7. The van der Waals surface area contributed by atoms with Crippen LogP contribution in [0, 0.1) is 10.1 Å². The molecule has 1 aromatic carbocycles. The summed E-state index contributed by atoms with van der Waals surface area (Å²) in [6, 6.07) is 0.570. The van der Waals surface area contributed by atoms with Gasteiger partial charge in [-0.25, -0.2) is 0 Å². The average molecular weight is 262 g/mol. The first kappa shape index (κ1) is 13.6. The highest BCUT2D eigenvalue weighted by atomic mass is 19.4. The minimum atomic E-state index is -4.99. The molecule has 0 spiro atoms. The number of hydrogen-bond donors (Lipinski definition) is 1. The number of benzene rings is 1. The van der Waals surface area contributed by atoms with Crippen molar-refractivity contribution in [2.75, 3.05) is 0 Å². The van der Waals surface area contributed by atoms with Gasteiger partial charge in [0.25, 0.3) is 5.69 Å². The quantitative estimate of drug-likeness (QED) is 0.506. The maximum Gasteiger partial charge on any atom is 0.417 e. The molecule has 1 amide bonds. The van der Waals surface area contributed by atoms with Crippen molar-refractivity contribution in [2.24, 2.45) is 5.73 Å². The van der Waals surface area contributed by atoms with E-state index in [1.807, 2.05) is 0 Å². The van der Waals surface area contributed by atoms with Crippen LogP contribution in [0.5, 0.6) is 0 Å². The van der Waals surface area contributed by atoms with E-state index in [1.54, 1.807) is 0 Å². The summed E-state index contributed by atoms with van der Waals surface area (Å²) in [7, 11) is 0. The molecule has 0 heterocycles. The number of nitro groups is 1. The lowest BCUT2D eigenvalue weighted by Crippen LogP contribution is -2.19. The standard InChI is InChI=1S/C9H5F3N2O4/c10-9(11,12)6-2-7(14(17)18)4(3-15)1-5(6)8(13)16/h1-3H,(H2,13,16). The highest BCUT2D eigenvalue weighted by Gasteiger charge is 2.37. The third-order valence-corrected chi connectivity index (χ3v) is 2.06. The number of halogens is 3. The van der Waals surface area contributed by atoms with Crippen molar-refractivity contribution in [1.82, 2.24) is 0 Å². The topological polar surface area (TPSA) is 103 Å². The third kappa shape index (κ3) is 2.44. The summed E-state index contributed by atoms with van der Waals surface area (Å²) in [6.45, 7) is 0. The molecule has 0 fully saturated rings. The van der Waals surface area contributed by atoms with Crippen LogP contribution in [-0.2, 0) is 6.18 Å². The average Bonchev–Trinajstić information content (AvgIpc) is 2.25. The van der Waals surface area contributed by atoms with E-state index < -0.39 is 39.4 Å². The zero-order valence-corrected chi connectivity index (χ0v) is 8.52. The van der Waals surface area contributed by atoms with Gasteiger partial charge in [0.05, 0.1) is 21.6 Å². The van der Waals surface area contributed by atoms with Gasteiger partial charge in [0.1, 0.15) is 0 Å². The number of carbonyl (C=O) groups is 2. The smallest absolute Gasteiger partial charge is 0.366 e. The molecule has 0 aromatic heterocycles. The van der Waals surface area contributed by atoms with Crippen LogP contribution in [0.25, 0.3) is 0 Å². The normalized spacial score (nSPS) is 11.1. The Morgan fingerprint density at radius 1 is 1.39 bits per heavy atom. The highest BCUT2D eigenvalue weighted by Crippen LogP contribution is 2.35. The van der Waals surface area contributed by atoms with Crippen LogP contribution in [0.1, 0.15) is 26.3 Å². The molecule has 18 heavy (non-hydrogen) atoms. The first-order valence-corrected chi connectivity index (χ1v) is 4.33. The van der Waals surface area contributed by atoms with Crippen molar-refractivity contribution >= 4 is 17.9 Å². The van der Waals surface area contributed by atoms with E-state index in [4.69, 9.17) is 5.73 Å². The number of amides is 1. The van der Waals surface area contributed by atoms with Crippen molar-refractivity contribution in [3.05, 3.63) is 38.9 Å². The molecule has 0 aliphatic carbocycles. The lowest BCUT2D eigenvalue weighted by molar-refractivity contribution is -0.385. The van der Waals surface area contributed by atoms with E-state index in [2.05, 4.69) is 0 Å². The number of hydrogen-bond acceptors (Lipinski definition) is 4. The van der Waals surface area contributed by atoms with Gasteiger partial charge in [0, 0.05) is 6.07 Å². The molecule has 0 aliphatic rings. The molecule has 1 aromatic rings. The number of aldehydes is 1. The van der Waals surface area contributed by atoms with Gasteiger partial charge in [-0.3, -0.25) is 19.7 Å². The lowest BCUT2D eigenvalue weighted by atomic mass is 10.0. The van der Waals surface area contributed by atoms with E-state index in [-0.39, 0.29) is 12.4 Å². The molecule has 9 heteroatoms. The predicted molar refractivity (Wildman–Crippen MR) is 52.0 cm³/mol. The fraction of sp³-hybridized carbons (Fsp3) is 0.111. The lowest BCUT2D eigenvalue weighted by Gasteiger charge is -2.11. The second kappa shape index (κ2) is 4.43. The minimum Gasteiger partial charge on any atom is -0.366 e. The maximum absolute atomic E-state index is 12.6. The zero-order valence-electron chi connectivity index (χ0n) is 8.52. The van der Waals surface area contributed by atoms with Gasteiger partial charge >= 0.3 is 6.18 Å². The molecule has 6 nitrogen and oxygen atoms in total. The Morgan fingerprint density at radius 3 is 2.28 bits per heavy atom. The highest BCUT2D eigenvalue weighted by molar-refractivity contribution is 5.97. The number of alkyl halides is 3. The first-order valence-electron chi connectivity index (χ1n) is 4.33. The van der Waals surface area contributed by atoms with Gasteiger partial charge in [-0.05, 0) is 6.07 Å². The van der Waals surface area contributed by atoms with Crippen molar-refractivity contribution in [3.8, 4) is 0 Å². The van der Waals surface area contributed by atoms with Crippen molar-refractivity contribution < 1.29 is 27.7 Å². The largest absolute Gasteiger partial charge is 0.417 e. The molecular formula is C9H5F3N2O4. The Hall–Kier alpha value is -2.45. The number of rotatable bonds is 3. The second-order valence-electron chi connectivity index (χ2n) is 3.19. The van der Waals surface area contributed by atoms with Gasteiger partial charge in [0.2, 0.25) is 5.91 Å². The molecule has 0 unspecified atom stereocenters. The van der Waals surface area contributed by atoms with E-state index in [0.29, 0.717) is 6.07 Å². The molecule has 0 saturated heterocycles. The molecule has 96 valence electrons. The molecule has 0 atom stereocenters. The van der Waals surface area contributed by atoms with Crippen molar-refractivity contribution in [3.63, 3.8) is 0 Å². The molecule has 0 aliphatic heterocycles. The molecule has 1 rings (SSSR count). The van der Waals surface area contributed by atoms with E-state index in [1.165, 1.54) is 0 Å². The molecule has 2 N–H and O–H groups in total. The van der Waals surface area contributed by atoms with Crippen LogP contribution < -0.4 is 5.73 Å². The second-order valence-corrected chi connectivity index (χ2v) is 3.19. The summed E-state index contributed by atoms with van der Waals surface area (Å²) >= 11 is 0. The van der Waals surface area contributed by atoms with Gasteiger partial charge < -0.3 is 5.73 Å². The Kier molecular flexibility index (Phi) is 3.35. The maximum atomic E-state index is 12.6. The molecule has 0 bridgehead atoms. The number of primary amides is 1. The van der Waals surface area contributed by atoms with E-state index >= 15 is 0 Å². The first-order chi connectivity index (χ1) is 8.18. The number of nitrogens with two attached hydrogens (primary N) is 1. The van der Waals surface area contributed by atoms with E-state index in [0.717, 1.165) is 0 Å². The van der Waals surface area contributed by atoms with E-state index in [9.17, 15) is 32.9 Å². The van der Waals surface area contributed by atoms with Crippen LogP contribution in [-0.4, -0.2) is 17.1 Å². The molecule has 0 saturated carbocycles. The summed E-state index contributed by atoms with van der Waals surface area (Å²) in [5.41, 5.74) is 0.506. The van der Waals surface area contributed by atoms with Gasteiger partial charge in [0.15, 0.2) is 6.29 Å². The SMILES string of the molecule is NC(=O)c1cc(C=O)c([N+](=O)[O-])cc1C(F)(F)F. The van der Waals surface area contributed by atoms with Crippen LogP contribution in [0.15, 0.2) is 12.1 Å². The third-order valence-electron chi connectivity index (χ3n) is 2.06. The monoisotopic (exact) mass is 262 g/mol. The Labute approximate surface area is 97.3 Å². The van der Waals surface area contributed by atoms with Crippen LogP contribution >= 0.6 is 0 Å². The number of nitro benzene ring substituents is 1. The summed E-state index contributed by atoms with van der Waals surface area (Å²) in [6.07, 6.45) is -5.01. The Bertz CT molecular complexity index is 539. The summed E-state index contributed by atoms with van der Waals surface area (Å²) < 4.78 is 37.7. The van der Waals surface area contributed by atoms with Crippen LogP contribution in [0.4, 0.5) is 18.9 Å². The van der Waals surface area contributed by atoms with Gasteiger partial charge in [-0.2, -0.15) is 13.2 Å². The fourth-order valence-electron chi connectivity index (χ4n) is 1.30. The Morgan fingerprint density at radius 2 is 1.94 bits per heavy atom. The number of carbonyl (C=O) groups excluding carboxylic acids is 2. The predicted octanol–water partition coefficient (Wildman–Crippen LogP) is 1.52. The summed E-state index contributed by atoms with van der Waals surface area (Å²) in [5, 5.41) is 10.5. The van der Waals surface area contributed by atoms with Gasteiger partial charge in [-0.1, -0.05) is 0 Å². The fourth-order valence-corrected chi connectivity index (χ4v) is 1.30. The van der Waals surface area contributed by atoms with Crippen LogP contribution in [0.3, 0.4) is 0 Å². The van der Waals surface area contributed by atoms with Gasteiger partial charge in [-0.15, -0.1) is 0 Å². The van der Waals surface area contributed by atoms with Crippen molar-refractivity contribution in [2.45, 2.75) is 6.18 Å². The minimum absolute atomic E-state index is 0.0231. The zero-order chi connectivity index (χ0) is 14.1. The van der Waals surface area contributed by atoms with Crippen molar-refractivity contribution in [1.29, 1.82) is 0 Å². The molecular weight excluding hydrogens is 257 g/mol. The summed E-state index contributed by atoms with van der Waals surface area (Å²) in [5.74, 6) is -1.43.